The predicted molar refractivity (Wildman–Crippen MR) is 77.7 cm³/mol. The second-order valence-corrected chi connectivity index (χ2v) is 4.97. The summed E-state index contributed by atoms with van der Waals surface area (Å²) in [5.74, 6) is 1.75. The molecule has 1 heterocycles. The Balaban J connectivity index is 1.92. The first kappa shape index (κ1) is 11.4. The van der Waals surface area contributed by atoms with Crippen LogP contribution in [0.2, 0.25) is 0 Å². The van der Waals surface area contributed by atoms with Crippen LogP contribution in [-0.4, -0.2) is 6.54 Å². The van der Waals surface area contributed by atoms with Gasteiger partial charge in [0.25, 0.3) is 0 Å². The lowest BCUT2D eigenvalue weighted by Gasteiger charge is -2.19. The van der Waals surface area contributed by atoms with Gasteiger partial charge >= 0.3 is 0 Å². The third-order valence-corrected chi connectivity index (χ3v) is 3.29. The molecule has 0 amide bonds. The van der Waals surface area contributed by atoms with Crippen LogP contribution in [-0.2, 0) is 0 Å². The molecule has 0 bridgehead atoms. The second kappa shape index (κ2) is 4.86. The van der Waals surface area contributed by atoms with Gasteiger partial charge in [0.1, 0.15) is 11.5 Å². The van der Waals surface area contributed by atoms with Gasteiger partial charge in [0.15, 0.2) is 0 Å². The van der Waals surface area contributed by atoms with E-state index < -0.39 is 0 Å². The van der Waals surface area contributed by atoms with Gasteiger partial charge in [-0.25, -0.2) is 0 Å². The number of benzene rings is 2. The highest BCUT2D eigenvalue weighted by Gasteiger charge is 2.13. The summed E-state index contributed by atoms with van der Waals surface area (Å²) in [5.41, 5.74) is 2.22. The average Bonchev–Trinajstić information content (AvgIpc) is 2.39. The molecule has 0 radical (unpaired) electrons. The zero-order valence-corrected chi connectivity index (χ0v) is 11.3. The van der Waals surface area contributed by atoms with Crippen molar-refractivity contribution in [2.45, 2.75) is 0 Å². The third-order valence-electron chi connectivity index (χ3n) is 2.80. The maximum atomic E-state index is 5.95. The summed E-state index contributed by atoms with van der Waals surface area (Å²) in [6, 6.07) is 16.0. The molecule has 18 heavy (non-hydrogen) atoms. The molecule has 3 heteroatoms. The standard InChI is InChI=1S/C15H12BrNO/c16-11-4-3-5-12(10-11)18-15-8-9-17-14-7-2-1-6-13(14)15/h1-8,10,17H,9H2. The molecule has 2 aromatic carbocycles. The molecule has 0 saturated carbocycles. The molecule has 1 N–H and O–H groups in total. The summed E-state index contributed by atoms with van der Waals surface area (Å²) in [6.07, 6.45) is 2.06. The lowest BCUT2D eigenvalue weighted by Crippen LogP contribution is -2.10. The molecule has 0 atom stereocenters. The van der Waals surface area contributed by atoms with Gasteiger partial charge in [-0.15, -0.1) is 0 Å². The molecule has 2 aromatic rings. The summed E-state index contributed by atoms with van der Waals surface area (Å²) in [6.45, 7) is 0.792. The van der Waals surface area contributed by atoms with E-state index in [1.54, 1.807) is 0 Å². The van der Waals surface area contributed by atoms with Crippen molar-refractivity contribution in [1.29, 1.82) is 0 Å². The van der Waals surface area contributed by atoms with Crippen molar-refractivity contribution >= 4 is 27.4 Å². The van der Waals surface area contributed by atoms with E-state index in [0.29, 0.717) is 0 Å². The first-order valence-electron chi connectivity index (χ1n) is 5.80. The maximum Gasteiger partial charge on any atom is 0.134 e. The molecule has 0 fully saturated rings. The van der Waals surface area contributed by atoms with Crippen molar-refractivity contribution < 1.29 is 4.74 Å². The third kappa shape index (κ3) is 2.27. The minimum atomic E-state index is 0.792. The fourth-order valence-corrected chi connectivity index (χ4v) is 2.35. The molecule has 0 unspecified atom stereocenters. The van der Waals surface area contributed by atoms with Crippen molar-refractivity contribution in [1.82, 2.24) is 0 Å². The minimum absolute atomic E-state index is 0.792. The van der Waals surface area contributed by atoms with Crippen molar-refractivity contribution in [3.05, 3.63) is 64.6 Å². The number of ether oxygens (including phenoxy) is 1. The Morgan fingerprint density at radius 2 is 1.94 bits per heavy atom. The molecule has 90 valence electrons. The first-order valence-corrected chi connectivity index (χ1v) is 6.59. The Hall–Kier alpha value is -1.74. The van der Waals surface area contributed by atoms with Crippen LogP contribution in [0, 0.1) is 0 Å². The van der Waals surface area contributed by atoms with Crippen molar-refractivity contribution in [2.75, 3.05) is 11.9 Å². The Morgan fingerprint density at radius 1 is 1.06 bits per heavy atom. The largest absolute Gasteiger partial charge is 0.457 e. The number of anilines is 1. The van der Waals surface area contributed by atoms with Crippen LogP contribution in [0.5, 0.6) is 5.75 Å². The number of hydrogen-bond acceptors (Lipinski definition) is 2. The van der Waals surface area contributed by atoms with Crippen LogP contribution in [0.25, 0.3) is 5.76 Å². The van der Waals surface area contributed by atoms with Gasteiger partial charge in [-0.1, -0.05) is 34.1 Å². The molecule has 0 aliphatic carbocycles. The molecule has 1 aliphatic rings. The van der Waals surface area contributed by atoms with Crippen LogP contribution in [0.15, 0.2) is 59.1 Å². The summed E-state index contributed by atoms with van der Waals surface area (Å²) >= 11 is 3.45. The summed E-state index contributed by atoms with van der Waals surface area (Å²) in [5, 5.41) is 3.32. The van der Waals surface area contributed by atoms with Gasteiger partial charge in [-0.05, 0) is 36.4 Å². The van der Waals surface area contributed by atoms with Gasteiger partial charge in [0, 0.05) is 22.3 Å². The molecule has 3 rings (SSSR count). The highest BCUT2D eigenvalue weighted by atomic mass is 79.9. The normalized spacial score (nSPS) is 13.3. The lowest BCUT2D eigenvalue weighted by atomic mass is 10.1. The van der Waals surface area contributed by atoms with Gasteiger partial charge in [-0.2, -0.15) is 0 Å². The zero-order valence-electron chi connectivity index (χ0n) is 9.69. The van der Waals surface area contributed by atoms with Crippen LogP contribution < -0.4 is 10.1 Å². The van der Waals surface area contributed by atoms with E-state index in [0.717, 1.165) is 33.8 Å². The van der Waals surface area contributed by atoms with Crippen LogP contribution in [0.3, 0.4) is 0 Å². The summed E-state index contributed by atoms with van der Waals surface area (Å²) in [4.78, 5) is 0. The second-order valence-electron chi connectivity index (χ2n) is 4.05. The minimum Gasteiger partial charge on any atom is -0.457 e. The number of rotatable bonds is 2. The van der Waals surface area contributed by atoms with Crippen LogP contribution in [0.1, 0.15) is 5.56 Å². The van der Waals surface area contributed by atoms with E-state index in [-0.39, 0.29) is 0 Å². The molecule has 2 nitrogen and oxygen atoms in total. The number of para-hydroxylation sites is 1. The monoisotopic (exact) mass is 301 g/mol. The van der Waals surface area contributed by atoms with Crippen molar-refractivity contribution in [3.63, 3.8) is 0 Å². The van der Waals surface area contributed by atoms with Gasteiger partial charge in [0.2, 0.25) is 0 Å². The average molecular weight is 302 g/mol. The van der Waals surface area contributed by atoms with E-state index >= 15 is 0 Å². The Morgan fingerprint density at radius 3 is 2.83 bits per heavy atom. The van der Waals surface area contributed by atoms with E-state index in [9.17, 15) is 0 Å². The van der Waals surface area contributed by atoms with Gasteiger partial charge in [0.05, 0.1) is 0 Å². The number of fused-ring (bicyclic) bond motifs is 1. The van der Waals surface area contributed by atoms with Crippen molar-refractivity contribution in [2.24, 2.45) is 0 Å². The summed E-state index contributed by atoms with van der Waals surface area (Å²) in [7, 11) is 0. The smallest absolute Gasteiger partial charge is 0.134 e. The Labute approximate surface area is 114 Å². The van der Waals surface area contributed by atoms with E-state index in [4.69, 9.17) is 4.74 Å². The lowest BCUT2D eigenvalue weighted by molar-refractivity contribution is 0.512. The molecular formula is C15H12BrNO. The highest BCUT2D eigenvalue weighted by Crippen LogP contribution is 2.30. The van der Waals surface area contributed by atoms with Gasteiger partial charge in [-0.3, -0.25) is 0 Å². The Kier molecular flexibility index (Phi) is 3.07. The molecule has 0 spiro atoms. The predicted octanol–water partition coefficient (Wildman–Crippen LogP) is 4.29. The molecular weight excluding hydrogens is 290 g/mol. The number of hydrogen-bond donors (Lipinski definition) is 1. The van der Waals surface area contributed by atoms with Crippen LogP contribution >= 0.6 is 15.9 Å². The highest BCUT2D eigenvalue weighted by molar-refractivity contribution is 9.10. The first-order chi connectivity index (χ1) is 8.83. The van der Waals surface area contributed by atoms with E-state index in [1.807, 2.05) is 36.4 Å². The number of halogens is 1. The fourth-order valence-electron chi connectivity index (χ4n) is 1.97. The van der Waals surface area contributed by atoms with Crippen LogP contribution in [0.4, 0.5) is 5.69 Å². The molecule has 0 saturated heterocycles. The summed E-state index contributed by atoms with van der Waals surface area (Å²) < 4.78 is 6.97. The molecule has 0 aromatic heterocycles. The fraction of sp³-hybridized carbons (Fsp3) is 0.0667. The zero-order chi connectivity index (χ0) is 12.4. The quantitative estimate of drug-likeness (QED) is 0.893. The topological polar surface area (TPSA) is 21.3 Å². The SMILES string of the molecule is Brc1cccc(OC2=CCNc3ccccc32)c1. The maximum absolute atomic E-state index is 5.95. The van der Waals surface area contributed by atoms with Crippen molar-refractivity contribution in [3.8, 4) is 5.75 Å². The Bertz CT molecular complexity index is 607. The van der Waals surface area contributed by atoms with E-state index in [1.165, 1.54) is 0 Å². The van der Waals surface area contributed by atoms with E-state index in [2.05, 4.69) is 39.5 Å². The molecule has 1 aliphatic heterocycles. The van der Waals surface area contributed by atoms with Gasteiger partial charge < -0.3 is 10.1 Å². The number of nitrogens with one attached hydrogen (secondary N) is 1.